The molecule has 0 fully saturated rings. The maximum absolute atomic E-state index is 4.95. The van der Waals surface area contributed by atoms with Gasteiger partial charge in [0.1, 0.15) is 0 Å². The fourth-order valence-electron chi connectivity index (χ4n) is 0.793. The van der Waals surface area contributed by atoms with Crippen molar-refractivity contribution >= 4 is 0 Å². The predicted octanol–water partition coefficient (Wildman–Crippen LogP) is 0.615. The van der Waals surface area contributed by atoms with E-state index in [-0.39, 0.29) is 0 Å². The van der Waals surface area contributed by atoms with Crippen molar-refractivity contribution in [1.82, 2.24) is 14.8 Å². The molecule has 1 heterocycles. The second-order valence-corrected chi connectivity index (χ2v) is 1.96. The molecule has 10 heavy (non-hydrogen) atoms. The van der Waals surface area contributed by atoms with Crippen molar-refractivity contribution in [2.75, 3.05) is 7.11 Å². The van der Waals surface area contributed by atoms with Gasteiger partial charge in [0.2, 0.25) is 0 Å². The van der Waals surface area contributed by atoms with Crippen molar-refractivity contribution in [2.45, 2.75) is 20.4 Å². The van der Waals surface area contributed by atoms with Gasteiger partial charge in [-0.3, -0.25) is 0 Å². The molecule has 1 rings (SSSR count). The van der Waals surface area contributed by atoms with E-state index in [9.17, 15) is 0 Å². The van der Waals surface area contributed by atoms with Crippen molar-refractivity contribution < 1.29 is 4.74 Å². The lowest BCUT2D eigenvalue weighted by Gasteiger charge is -1.97. The van der Waals surface area contributed by atoms with Crippen LogP contribution in [0, 0.1) is 6.92 Å². The molecule has 4 nitrogen and oxygen atoms in total. The first-order valence-electron chi connectivity index (χ1n) is 3.23. The van der Waals surface area contributed by atoms with E-state index in [0.29, 0.717) is 6.01 Å². The zero-order valence-electron chi connectivity index (χ0n) is 6.46. The topological polar surface area (TPSA) is 39.9 Å². The molecule has 1 aromatic rings. The summed E-state index contributed by atoms with van der Waals surface area (Å²) in [5.41, 5.74) is 0. The Morgan fingerprint density at radius 1 is 1.60 bits per heavy atom. The molecule has 0 N–H and O–H groups in total. The van der Waals surface area contributed by atoms with Gasteiger partial charge in [-0.1, -0.05) is 0 Å². The minimum Gasteiger partial charge on any atom is -0.467 e. The summed E-state index contributed by atoms with van der Waals surface area (Å²) in [7, 11) is 1.59. The highest BCUT2D eigenvalue weighted by Crippen LogP contribution is 2.04. The number of hydrogen-bond donors (Lipinski definition) is 0. The van der Waals surface area contributed by atoms with E-state index in [1.54, 1.807) is 11.8 Å². The second kappa shape index (κ2) is 2.68. The molecule has 56 valence electrons. The Kier molecular flexibility index (Phi) is 1.89. The van der Waals surface area contributed by atoms with Gasteiger partial charge in [-0.25, -0.2) is 4.68 Å². The summed E-state index contributed by atoms with van der Waals surface area (Å²) in [5, 5.41) is 4.08. The Morgan fingerprint density at radius 3 is 2.70 bits per heavy atom. The quantitative estimate of drug-likeness (QED) is 0.606. The molecule has 1 aromatic heterocycles. The van der Waals surface area contributed by atoms with E-state index in [2.05, 4.69) is 10.1 Å². The van der Waals surface area contributed by atoms with Crippen LogP contribution in [-0.2, 0) is 6.54 Å². The van der Waals surface area contributed by atoms with Crippen molar-refractivity contribution in [1.29, 1.82) is 0 Å². The molecule has 0 spiro atoms. The van der Waals surface area contributed by atoms with Gasteiger partial charge in [0.05, 0.1) is 7.11 Å². The largest absolute Gasteiger partial charge is 0.467 e. The van der Waals surface area contributed by atoms with Gasteiger partial charge >= 0.3 is 6.01 Å². The molecule has 0 bridgehead atoms. The predicted molar refractivity (Wildman–Crippen MR) is 37.0 cm³/mol. The van der Waals surface area contributed by atoms with E-state index < -0.39 is 0 Å². The zero-order chi connectivity index (χ0) is 7.56. The van der Waals surface area contributed by atoms with E-state index in [1.807, 2.05) is 13.8 Å². The molecule has 0 amide bonds. The lowest BCUT2D eigenvalue weighted by molar-refractivity contribution is 0.350. The third-order valence-corrected chi connectivity index (χ3v) is 1.23. The van der Waals surface area contributed by atoms with Gasteiger partial charge in [0, 0.05) is 6.54 Å². The Bertz CT molecular complexity index is 197. The Hall–Kier alpha value is -1.06. The van der Waals surface area contributed by atoms with Crippen LogP contribution >= 0.6 is 0 Å². The average molecular weight is 141 g/mol. The van der Waals surface area contributed by atoms with E-state index >= 15 is 0 Å². The van der Waals surface area contributed by atoms with Crippen molar-refractivity contribution in [2.24, 2.45) is 0 Å². The third kappa shape index (κ3) is 1.10. The smallest absolute Gasteiger partial charge is 0.314 e. The molecule has 0 aliphatic carbocycles. The summed E-state index contributed by atoms with van der Waals surface area (Å²) in [5.74, 6) is 0.749. The van der Waals surface area contributed by atoms with Crippen molar-refractivity contribution in [3.63, 3.8) is 0 Å². The molecule has 0 unspecified atom stereocenters. The zero-order valence-corrected chi connectivity index (χ0v) is 6.46. The summed E-state index contributed by atoms with van der Waals surface area (Å²) in [6.45, 7) is 4.63. The lowest BCUT2D eigenvalue weighted by Crippen LogP contribution is -1.99. The SMILES string of the molecule is CCn1nc(C)nc1OC. The Balaban J connectivity index is 2.96. The standard InChI is InChI=1S/C6H11N3O/c1-4-9-6(10-3)7-5(2)8-9/h4H2,1-3H3. The number of nitrogens with zero attached hydrogens (tertiary/aromatic N) is 3. The van der Waals surface area contributed by atoms with Crippen LogP contribution in [0.3, 0.4) is 0 Å². The Morgan fingerprint density at radius 2 is 2.30 bits per heavy atom. The average Bonchev–Trinajstić information content (AvgIpc) is 2.30. The molecule has 0 atom stereocenters. The number of ether oxygens (including phenoxy) is 1. The highest BCUT2D eigenvalue weighted by Gasteiger charge is 2.03. The van der Waals surface area contributed by atoms with E-state index in [0.717, 1.165) is 12.4 Å². The van der Waals surface area contributed by atoms with Crippen LogP contribution in [0.5, 0.6) is 6.01 Å². The van der Waals surface area contributed by atoms with Gasteiger partial charge in [0.25, 0.3) is 0 Å². The second-order valence-electron chi connectivity index (χ2n) is 1.96. The maximum Gasteiger partial charge on any atom is 0.314 e. The summed E-state index contributed by atoms with van der Waals surface area (Å²) in [6.07, 6.45) is 0. The van der Waals surface area contributed by atoms with Gasteiger partial charge in [0.15, 0.2) is 5.82 Å². The van der Waals surface area contributed by atoms with E-state index in [4.69, 9.17) is 4.74 Å². The fourth-order valence-corrected chi connectivity index (χ4v) is 0.793. The number of methoxy groups -OCH3 is 1. The maximum atomic E-state index is 4.95. The Labute approximate surface area is 59.8 Å². The summed E-state index contributed by atoms with van der Waals surface area (Å²) in [4.78, 5) is 4.03. The highest BCUT2D eigenvalue weighted by molar-refractivity contribution is 4.95. The normalized spacial score (nSPS) is 9.90. The number of aromatic nitrogens is 3. The number of rotatable bonds is 2. The summed E-state index contributed by atoms with van der Waals surface area (Å²) in [6, 6.07) is 0.583. The monoisotopic (exact) mass is 141 g/mol. The van der Waals surface area contributed by atoms with Gasteiger partial charge in [-0.15, -0.1) is 0 Å². The fraction of sp³-hybridized carbons (Fsp3) is 0.667. The first kappa shape index (κ1) is 7.05. The van der Waals surface area contributed by atoms with Crippen LogP contribution in [0.25, 0.3) is 0 Å². The molecule has 0 saturated heterocycles. The van der Waals surface area contributed by atoms with Crippen LogP contribution in [0.15, 0.2) is 0 Å². The van der Waals surface area contributed by atoms with Crippen molar-refractivity contribution in [3.8, 4) is 6.01 Å². The molecular formula is C6H11N3O. The minimum absolute atomic E-state index is 0.583. The van der Waals surface area contributed by atoms with Crippen LogP contribution in [0.1, 0.15) is 12.7 Å². The van der Waals surface area contributed by atoms with Crippen LogP contribution in [-0.4, -0.2) is 21.9 Å². The lowest BCUT2D eigenvalue weighted by atomic mass is 10.8. The molecule has 0 saturated carbocycles. The van der Waals surface area contributed by atoms with Crippen LogP contribution < -0.4 is 4.74 Å². The molecule has 0 aromatic carbocycles. The minimum atomic E-state index is 0.583. The summed E-state index contributed by atoms with van der Waals surface area (Å²) < 4.78 is 6.66. The van der Waals surface area contributed by atoms with Crippen LogP contribution in [0.4, 0.5) is 0 Å². The number of hydrogen-bond acceptors (Lipinski definition) is 3. The molecule has 0 aliphatic heterocycles. The molecule has 4 heteroatoms. The highest BCUT2D eigenvalue weighted by atomic mass is 16.5. The van der Waals surface area contributed by atoms with E-state index in [1.165, 1.54) is 0 Å². The van der Waals surface area contributed by atoms with Crippen molar-refractivity contribution in [3.05, 3.63) is 5.82 Å². The number of aryl methyl sites for hydroxylation is 2. The molecule has 0 aliphatic rings. The van der Waals surface area contributed by atoms with Gasteiger partial charge in [-0.2, -0.15) is 10.1 Å². The first-order chi connectivity index (χ1) is 4.77. The molecular weight excluding hydrogens is 130 g/mol. The first-order valence-corrected chi connectivity index (χ1v) is 3.23. The third-order valence-electron chi connectivity index (χ3n) is 1.23. The van der Waals surface area contributed by atoms with Gasteiger partial charge < -0.3 is 4.74 Å². The van der Waals surface area contributed by atoms with Gasteiger partial charge in [-0.05, 0) is 13.8 Å². The summed E-state index contributed by atoms with van der Waals surface area (Å²) >= 11 is 0. The molecule has 0 radical (unpaired) electrons. The van der Waals surface area contributed by atoms with Crippen LogP contribution in [0.2, 0.25) is 0 Å².